The van der Waals surface area contributed by atoms with Gasteiger partial charge < -0.3 is 9.47 Å². The Morgan fingerprint density at radius 1 is 1.08 bits per heavy atom. The number of rotatable bonds is 4. The molecule has 3 aliphatic carbocycles. The van der Waals surface area contributed by atoms with Crippen molar-refractivity contribution in [3.05, 3.63) is 33.4 Å². The van der Waals surface area contributed by atoms with Crippen LogP contribution >= 0.6 is 22.6 Å². The maximum Gasteiger partial charge on any atom is 0.254 e. The number of halogens is 1. The minimum atomic E-state index is -0.242. The molecule has 5 rings (SSSR count). The van der Waals surface area contributed by atoms with Gasteiger partial charge in [-0.1, -0.05) is 12.2 Å². The highest BCUT2D eigenvalue weighted by atomic mass is 127. The Morgan fingerprint density at radius 2 is 1.69 bits per heavy atom. The highest BCUT2D eigenvalue weighted by Gasteiger charge is 2.56. The molecule has 6 nitrogen and oxygen atoms in total. The second kappa shape index (κ2) is 6.68. The number of methoxy groups -OCH3 is 2. The van der Waals surface area contributed by atoms with E-state index in [0.29, 0.717) is 11.5 Å². The lowest BCUT2D eigenvalue weighted by atomic mass is 9.63. The third-order valence-electron chi connectivity index (χ3n) is 5.51. The second-order valence-corrected chi connectivity index (χ2v) is 7.97. The van der Waals surface area contributed by atoms with Gasteiger partial charge in [0.15, 0.2) is 11.5 Å². The highest BCUT2D eigenvalue weighted by molar-refractivity contribution is 14.1. The Balaban J connectivity index is 1.61. The van der Waals surface area contributed by atoms with E-state index in [9.17, 15) is 9.59 Å². The van der Waals surface area contributed by atoms with Crippen molar-refractivity contribution in [3.63, 3.8) is 0 Å². The van der Waals surface area contributed by atoms with E-state index in [2.05, 4.69) is 39.8 Å². The first-order valence-corrected chi connectivity index (χ1v) is 9.64. The summed E-state index contributed by atoms with van der Waals surface area (Å²) in [5.74, 6) is 0.731. The van der Waals surface area contributed by atoms with Crippen LogP contribution in [0.15, 0.2) is 29.4 Å². The van der Waals surface area contributed by atoms with E-state index in [4.69, 9.17) is 9.47 Å². The number of carbonyl (C=O) groups excluding carboxylic acids is 2. The zero-order valence-corrected chi connectivity index (χ0v) is 16.7. The van der Waals surface area contributed by atoms with Crippen LogP contribution in [-0.2, 0) is 9.59 Å². The summed E-state index contributed by atoms with van der Waals surface area (Å²) in [5.41, 5.74) is 0.739. The third kappa shape index (κ3) is 2.64. The highest BCUT2D eigenvalue weighted by Crippen LogP contribution is 2.49. The summed E-state index contributed by atoms with van der Waals surface area (Å²) in [6.07, 6.45) is 7.70. The van der Waals surface area contributed by atoms with Crippen LogP contribution in [-0.4, -0.2) is 37.3 Å². The van der Waals surface area contributed by atoms with Crippen molar-refractivity contribution in [1.29, 1.82) is 0 Å². The van der Waals surface area contributed by atoms with Gasteiger partial charge in [-0.15, -0.1) is 0 Å². The van der Waals surface area contributed by atoms with Crippen molar-refractivity contribution in [2.45, 2.75) is 12.8 Å². The number of imide groups is 1. The van der Waals surface area contributed by atoms with Crippen LogP contribution in [0.4, 0.5) is 0 Å². The number of nitrogens with zero attached hydrogens (tertiary/aromatic N) is 2. The number of hydrazone groups is 1. The molecular weight excluding hydrogens is 447 g/mol. The smallest absolute Gasteiger partial charge is 0.254 e. The lowest BCUT2D eigenvalue weighted by molar-refractivity contribution is -0.140. The van der Waals surface area contributed by atoms with Crippen molar-refractivity contribution >= 4 is 40.6 Å². The minimum absolute atomic E-state index is 0.170. The summed E-state index contributed by atoms with van der Waals surface area (Å²) >= 11 is 2.15. The first-order chi connectivity index (χ1) is 12.5. The fraction of sp³-hybridized carbons (Fsp3) is 0.421. The predicted molar refractivity (Wildman–Crippen MR) is 104 cm³/mol. The summed E-state index contributed by atoms with van der Waals surface area (Å²) in [6, 6.07) is 3.64. The molecule has 26 heavy (non-hydrogen) atoms. The van der Waals surface area contributed by atoms with Gasteiger partial charge in [0.2, 0.25) is 0 Å². The van der Waals surface area contributed by atoms with Crippen LogP contribution in [0.25, 0.3) is 0 Å². The molecule has 0 radical (unpaired) electrons. The molecule has 1 saturated carbocycles. The maximum absolute atomic E-state index is 12.8. The summed E-state index contributed by atoms with van der Waals surface area (Å²) in [7, 11) is 3.15. The number of carbonyl (C=O) groups is 2. The molecule has 1 aromatic rings. The molecule has 0 unspecified atom stereocenters. The van der Waals surface area contributed by atoms with Gasteiger partial charge in [0.1, 0.15) is 0 Å². The maximum atomic E-state index is 12.8. The number of ether oxygens (including phenoxy) is 2. The minimum Gasteiger partial charge on any atom is -0.493 e. The first kappa shape index (κ1) is 17.5. The van der Waals surface area contributed by atoms with Crippen LogP contribution in [0.2, 0.25) is 0 Å². The van der Waals surface area contributed by atoms with Gasteiger partial charge in [-0.2, -0.15) is 10.1 Å². The molecule has 2 bridgehead atoms. The largest absolute Gasteiger partial charge is 0.493 e. The average molecular weight is 466 g/mol. The van der Waals surface area contributed by atoms with Gasteiger partial charge in [-0.05, 0) is 65.0 Å². The van der Waals surface area contributed by atoms with Crippen LogP contribution in [0.5, 0.6) is 11.5 Å². The van der Waals surface area contributed by atoms with Crippen molar-refractivity contribution in [3.8, 4) is 11.5 Å². The number of hydrogen-bond acceptors (Lipinski definition) is 5. The molecule has 0 aromatic heterocycles. The van der Waals surface area contributed by atoms with Crippen LogP contribution in [0.1, 0.15) is 18.4 Å². The summed E-state index contributed by atoms with van der Waals surface area (Å²) in [6.45, 7) is 0. The fourth-order valence-corrected chi connectivity index (χ4v) is 5.15. The van der Waals surface area contributed by atoms with E-state index in [1.165, 1.54) is 6.21 Å². The van der Waals surface area contributed by atoms with E-state index < -0.39 is 0 Å². The topological polar surface area (TPSA) is 68.2 Å². The Bertz CT molecular complexity index is 803. The number of amides is 2. The van der Waals surface area contributed by atoms with Crippen molar-refractivity contribution in [2.75, 3.05) is 14.2 Å². The summed E-state index contributed by atoms with van der Waals surface area (Å²) < 4.78 is 11.5. The van der Waals surface area contributed by atoms with E-state index >= 15 is 0 Å². The van der Waals surface area contributed by atoms with Crippen LogP contribution < -0.4 is 9.47 Å². The molecule has 136 valence electrons. The van der Waals surface area contributed by atoms with E-state index in [-0.39, 0.29) is 35.5 Å². The van der Waals surface area contributed by atoms with Crippen molar-refractivity contribution in [2.24, 2.45) is 28.8 Å². The molecule has 4 atom stereocenters. The Morgan fingerprint density at radius 3 is 2.19 bits per heavy atom. The third-order valence-corrected chi connectivity index (χ3v) is 6.32. The molecule has 0 spiro atoms. The van der Waals surface area contributed by atoms with Crippen molar-refractivity contribution < 1.29 is 19.1 Å². The van der Waals surface area contributed by atoms with E-state index in [1.54, 1.807) is 20.3 Å². The van der Waals surface area contributed by atoms with Crippen LogP contribution in [0.3, 0.4) is 0 Å². The standard InChI is InChI=1S/C19H19IN2O4/c1-25-14-8-10(7-13(20)17(14)26-2)9-21-22-18(23)15-11-3-4-12(6-5-11)16(15)19(22)24/h3-4,7-9,11-12,15-16H,5-6H2,1-2H3/b21-9-/t11-,12-,15-,16-/m1/s1. The Kier molecular flexibility index (Phi) is 4.50. The zero-order chi connectivity index (χ0) is 18.4. The quantitative estimate of drug-likeness (QED) is 0.296. The monoisotopic (exact) mass is 466 g/mol. The van der Waals surface area contributed by atoms with E-state index in [1.807, 2.05) is 6.07 Å². The summed E-state index contributed by atoms with van der Waals surface area (Å²) in [5, 5.41) is 5.30. The average Bonchev–Trinajstić information content (AvgIpc) is 2.93. The Labute approximate surface area is 165 Å². The first-order valence-electron chi connectivity index (χ1n) is 8.56. The molecule has 1 aliphatic heterocycles. The molecule has 0 N–H and O–H groups in total. The van der Waals surface area contributed by atoms with Gasteiger partial charge in [0.25, 0.3) is 11.8 Å². The molecular formula is C19H19IN2O4. The molecule has 1 aromatic carbocycles. The van der Waals surface area contributed by atoms with Gasteiger partial charge >= 0.3 is 0 Å². The number of fused-ring (bicyclic) bond motifs is 1. The van der Waals surface area contributed by atoms with Crippen molar-refractivity contribution in [1.82, 2.24) is 5.01 Å². The van der Waals surface area contributed by atoms with Crippen LogP contribution in [0, 0.1) is 27.2 Å². The predicted octanol–water partition coefficient (Wildman–Crippen LogP) is 2.84. The summed E-state index contributed by atoms with van der Waals surface area (Å²) in [4.78, 5) is 25.5. The zero-order valence-electron chi connectivity index (χ0n) is 14.5. The molecule has 2 fully saturated rings. The van der Waals surface area contributed by atoms with Gasteiger partial charge in [-0.25, -0.2) is 0 Å². The molecule has 2 amide bonds. The molecule has 1 heterocycles. The number of hydrogen-bond donors (Lipinski definition) is 0. The van der Waals surface area contributed by atoms with E-state index in [0.717, 1.165) is 27.0 Å². The normalized spacial score (nSPS) is 29.6. The van der Waals surface area contributed by atoms with Gasteiger partial charge in [0, 0.05) is 0 Å². The molecule has 4 aliphatic rings. The van der Waals surface area contributed by atoms with Gasteiger partial charge in [-0.3, -0.25) is 9.59 Å². The second-order valence-electron chi connectivity index (χ2n) is 6.81. The number of allylic oxidation sites excluding steroid dienone is 2. The fourth-order valence-electron chi connectivity index (χ4n) is 4.31. The lowest BCUT2D eigenvalue weighted by Crippen LogP contribution is -2.38. The SMILES string of the molecule is COc1cc(/C=N\N2C(=O)[C@H]3[C@H](C2=O)[C@@H]2C=C[C@@H]3CC2)cc(I)c1OC. The molecule has 1 saturated heterocycles. The lowest BCUT2D eigenvalue weighted by Gasteiger charge is -2.37. The van der Waals surface area contributed by atoms with Gasteiger partial charge in [0.05, 0.1) is 35.8 Å². The molecule has 7 heteroatoms. The number of benzene rings is 1. The Hall–Kier alpha value is -1.90.